The standard InChI is InChI=1S/C15H18BrN3OS/c1-19(9-13-7-12(16)10-21-13)14(8-15(17)18-20)11-5-3-2-4-6-11/h2-7,10,14,20H,8-9H2,1H3,(H2,17,18). The fourth-order valence-corrected chi connectivity index (χ4v) is 3.75. The van der Waals surface area contributed by atoms with Crippen molar-refractivity contribution in [3.8, 4) is 0 Å². The van der Waals surface area contributed by atoms with Gasteiger partial charge >= 0.3 is 0 Å². The SMILES string of the molecule is CN(Cc1cc(Br)cs1)C(CC(N)=NO)c1ccccc1. The molecule has 0 saturated heterocycles. The molecule has 0 aliphatic rings. The van der Waals surface area contributed by atoms with Gasteiger partial charge in [-0.1, -0.05) is 35.5 Å². The predicted molar refractivity (Wildman–Crippen MR) is 90.7 cm³/mol. The Balaban J connectivity index is 2.18. The first-order chi connectivity index (χ1) is 10.1. The maximum absolute atomic E-state index is 8.85. The summed E-state index contributed by atoms with van der Waals surface area (Å²) in [4.78, 5) is 3.48. The summed E-state index contributed by atoms with van der Waals surface area (Å²) in [7, 11) is 2.05. The molecule has 21 heavy (non-hydrogen) atoms. The Kier molecular flexibility index (Phi) is 5.78. The lowest BCUT2D eigenvalue weighted by Gasteiger charge is -2.27. The van der Waals surface area contributed by atoms with Gasteiger partial charge in [-0.2, -0.15) is 0 Å². The van der Waals surface area contributed by atoms with E-state index in [9.17, 15) is 0 Å². The molecule has 112 valence electrons. The molecule has 1 aromatic heterocycles. The average molecular weight is 368 g/mol. The van der Waals surface area contributed by atoms with Gasteiger partial charge in [0.05, 0.1) is 0 Å². The molecule has 2 aromatic rings. The highest BCUT2D eigenvalue weighted by molar-refractivity contribution is 9.10. The molecule has 0 aliphatic heterocycles. The molecular formula is C15H18BrN3OS. The normalized spacial score (nSPS) is 13.6. The Morgan fingerprint density at radius 3 is 2.71 bits per heavy atom. The summed E-state index contributed by atoms with van der Waals surface area (Å²) >= 11 is 5.19. The van der Waals surface area contributed by atoms with Crippen molar-refractivity contribution in [3.05, 3.63) is 56.7 Å². The largest absolute Gasteiger partial charge is 0.409 e. The van der Waals surface area contributed by atoms with E-state index in [1.165, 1.54) is 4.88 Å². The van der Waals surface area contributed by atoms with Crippen molar-refractivity contribution in [1.82, 2.24) is 4.90 Å². The Morgan fingerprint density at radius 1 is 1.43 bits per heavy atom. The van der Waals surface area contributed by atoms with Crippen LogP contribution in [0.5, 0.6) is 0 Å². The Bertz CT molecular complexity index is 600. The number of benzene rings is 1. The molecule has 1 heterocycles. The number of thiophene rings is 1. The number of oxime groups is 1. The molecule has 0 saturated carbocycles. The number of nitrogens with zero attached hydrogens (tertiary/aromatic N) is 2. The van der Waals surface area contributed by atoms with E-state index in [-0.39, 0.29) is 11.9 Å². The number of amidine groups is 1. The van der Waals surface area contributed by atoms with Crippen molar-refractivity contribution in [2.75, 3.05) is 7.05 Å². The lowest BCUT2D eigenvalue weighted by atomic mass is 10.0. The number of halogens is 1. The van der Waals surface area contributed by atoms with E-state index in [4.69, 9.17) is 10.9 Å². The highest BCUT2D eigenvalue weighted by atomic mass is 79.9. The van der Waals surface area contributed by atoms with Gasteiger partial charge < -0.3 is 10.9 Å². The van der Waals surface area contributed by atoms with Crippen LogP contribution in [-0.4, -0.2) is 23.0 Å². The van der Waals surface area contributed by atoms with Crippen molar-refractivity contribution in [3.63, 3.8) is 0 Å². The molecule has 0 amide bonds. The zero-order valence-corrected chi connectivity index (χ0v) is 14.1. The molecule has 0 aliphatic carbocycles. The third-order valence-corrected chi connectivity index (χ3v) is 4.96. The van der Waals surface area contributed by atoms with Gasteiger partial charge in [-0.15, -0.1) is 11.3 Å². The molecule has 0 fully saturated rings. The average Bonchev–Trinajstić information content (AvgIpc) is 2.90. The molecule has 1 atom stereocenters. The molecule has 6 heteroatoms. The Hall–Kier alpha value is -1.37. The summed E-state index contributed by atoms with van der Waals surface area (Å²) in [5.41, 5.74) is 6.87. The van der Waals surface area contributed by atoms with Crippen molar-refractivity contribution in [2.45, 2.75) is 19.0 Å². The van der Waals surface area contributed by atoms with Gasteiger partial charge in [0.25, 0.3) is 0 Å². The molecule has 0 bridgehead atoms. The third-order valence-electron chi connectivity index (χ3n) is 3.27. The molecular weight excluding hydrogens is 350 g/mol. The van der Waals surface area contributed by atoms with E-state index in [0.717, 1.165) is 16.6 Å². The fraction of sp³-hybridized carbons (Fsp3) is 0.267. The molecule has 3 N–H and O–H groups in total. The second-order valence-corrected chi connectivity index (χ2v) is 6.78. The quantitative estimate of drug-likeness (QED) is 0.353. The van der Waals surface area contributed by atoms with Gasteiger partial charge in [-0.25, -0.2) is 0 Å². The van der Waals surface area contributed by atoms with E-state index in [1.807, 2.05) is 18.2 Å². The first-order valence-electron chi connectivity index (χ1n) is 6.54. The first-order valence-corrected chi connectivity index (χ1v) is 8.22. The molecule has 1 aromatic carbocycles. The van der Waals surface area contributed by atoms with Crippen LogP contribution >= 0.6 is 27.3 Å². The van der Waals surface area contributed by atoms with Crippen molar-refractivity contribution in [2.24, 2.45) is 10.9 Å². The maximum atomic E-state index is 8.85. The van der Waals surface area contributed by atoms with Gasteiger partial charge in [0.2, 0.25) is 0 Å². The van der Waals surface area contributed by atoms with Crippen LogP contribution in [0.25, 0.3) is 0 Å². The molecule has 1 unspecified atom stereocenters. The minimum Gasteiger partial charge on any atom is -0.409 e. The Morgan fingerprint density at radius 2 is 2.14 bits per heavy atom. The second-order valence-electron chi connectivity index (χ2n) is 4.87. The second kappa shape index (κ2) is 7.59. The van der Waals surface area contributed by atoms with Gasteiger partial charge in [-0.3, -0.25) is 4.90 Å². The van der Waals surface area contributed by atoms with Crippen LogP contribution in [0.3, 0.4) is 0 Å². The third kappa shape index (κ3) is 4.56. The highest BCUT2D eigenvalue weighted by Crippen LogP contribution is 2.27. The summed E-state index contributed by atoms with van der Waals surface area (Å²) in [6, 6.07) is 12.3. The van der Waals surface area contributed by atoms with E-state index in [1.54, 1.807) is 11.3 Å². The zero-order chi connectivity index (χ0) is 15.2. The molecule has 2 rings (SSSR count). The smallest absolute Gasteiger partial charge is 0.141 e. The number of hydrogen-bond acceptors (Lipinski definition) is 4. The summed E-state index contributed by atoms with van der Waals surface area (Å²) in [5.74, 6) is 0.239. The van der Waals surface area contributed by atoms with E-state index >= 15 is 0 Å². The number of hydrogen-bond donors (Lipinski definition) is 2. The summed E-state index contributed by atoms with van der Waals surface area (Å²) in [5, 5.41) is 14.0. The first kappa shape index (κ1) is 16.0. The minimum absolute atomic E-state index is 0.0722. The van der Waals surface area contributed by atoms with Crippen LogP contribution in [0.15, 0.2) is 51.4 Å². The number of rotatable bonds is 6. The van der Waals surface area contributed by atoms with Crippen LogP contribution in [0.4, 0.5) is 0 Å². The molecule has 4 nitrogen and oxygen atoms in total. The van der Waals surface area contributed by atoms with Crippen molar-refractivity contribution in [1.29, 1.82) is 0 Å². The predicted octanol–water partition coefficient (Wildman–Crippen LogP) is 3.82. The molecule has 0 spiro atoms. The van der Waals surface area contributed by atoms with Crippen molar-refractivity contribution < 1.29 is 5.21 Å². The van der Waals surface area contributed by atoms with Crippen LogP contribution in [-0.2, 0) is 6.54 Å². The van der Waals surface area contributed by atoms with Crippen molar-refractivity contribution >= 4 is 33.1 Å². The Labute approximate surface area is 137 Å². The maximum Gasteiger partial charge on any atom is 0.141 e. The lowest BCUT2D eigenvalue weighted by Crippen LogP contribution is -2.28. The summed E-state index contributed by atoms with van der Waals surface area (Å²) in [6.07, 6.45) is 0.490. The molecule has 0 radical (unpaired) electrons. The monoisotopic (exact) mass is 367 g/mol. The van der Waals surface area contributed by atoms with Crippen LogP contribution in [0.1, 0.15) is 22.9 Å². The van der Waals surface area contributed by atoms with Crippen LogP contribution in [0, 0.1) is 0 Å². The van der Waals surface area contributed by atoms with E-state index < -0.39 is 0 Å². The number of nitrogens with two attached hydrogens (primary N) is 1. The van der Waals surface area contributed by atoms with Crippen LogP contribution < -0.4 is 5.73 Å². The topological polar surface area (TPSA) is 61.8 Å². The van der Waals surface area contributed by atoms with Crippen LogP contribution in [0.2, 0.25) is 0 Å². The lowest BCUT2D eigenvalue weighted by molar-refractivity contribution is 0.240. The zero-order valence-electron chi connectivity index (χ0n) is 11.7. The van der Waals surface area contributed by atoms with Gasteiger partial charge in [-0.05, 0) is 34.6 Å². The van der Waals surface area contributed by atoms with Gasteiger partial charge in [0, 0.05) is 33.7 Å². The van der Waals surface area contributed by atoms with E-state index in [2.05, 4.69) is 56.6 Å². The van der Waals surface area contributed by atoms with Gasteiger partial charge in [0.1, 0.15) is 5.84 Å². The summed E-state index contributed by atoms with van der Waals surface area (Å²) < 4.78 is 1.10. The summed E-state index contributed by atoms with van der Waals surface area (Å²) in [6.45, 7) is 0.814. The fourth-order valence-electron chi connectivity index (χ4n) is 2.24. The van der Waals surface area contributed by atoms with E-state index in [0.29, 0.717) is 6.42 Å². The van der Waals surface area contributed by atoms with Gasteiger partial charge in [0.15, 0.2) is 0 Å². The minimum atomic E-state index is 0.0722. The highest BCUT2D eigenvalue weighted by Gasteiger charge is 2.19.